The van der Waals surface area contributed by atoms with Gasteiger partial charge in [-0.25, -0.2) is 0 Å². The average molecular weight is 369 g/mol. The van der Waals surface area contributed by atoms with Gasteiger partial charge in [-0.3, -0.25) is 0 Å². The predicted octanol–water partition coefficient (Wildman–Crippen LogP) is 4.68. The third-order valence-electron chi connectivity index (χ3n) is 5.57. The summed E-state index contributed by atoms with van der Waals surface area (Å²) in [6.07, 6.45) is 1.04. The average Bonchev–Trinajstić information content (AvgIpc) is 3.01. The molecule has 1 aliphatic carbocycles. The van der Waals surface area contributed by atoms with Crippen LogP contribution >= 0.6 is 0 Å². The molecular formula is C24H24Si2. The molecule has 0 N–H and O–H groups in total. The van der Waals surface area contributed by atoms with Crippen LogP contribution in [0.4, 0.5) is 0 Å². The van der Waals surface area contributed by atoms with Crippen LogP contribution in [0.25, 0.3) is 5.20 Å². The van der Waals surface area contributed by atoms with Crippen LogP contribution < -0.4 is 5.22 Å². The molecular weight excluding hydrogens is 344 g/mol. The number of rotatable bonds is 3. The van der Waals surface area contributed by atoms with Crippen molar-refractivity contribution in [2.24, 2.45) is 0 Å². The van der Waals surface area contributed by atoms with Gasteiger partial charge in [0, 0.05) is 15.3 Å². The highest BCUT2D eigenvalue weighted by Crippen LogP contribution is 2.48. The van der Waals surface area contributed by atoms with Gasteiger partial charge in [0.15, 0.2) is 0 Å². The van der Waals surface area contributed by atoms with Gasteiger partial charge in [-0.15, -0.1) is 0 Å². The van der Waals surface area contributed by atoms with E-state index in [-0.39, 0.29) is 5.41 Å². The maximum atomic E-state index is 3.94. The van der Waals surface area contributed by atoms with E-state index in [0.717, 1.165) is 6.42 Å². The van der Waals surface area contributed by atoms with E-state index in [1.807, 2.05) is 0 Å². The lowest BCUT2D eigenvalue weighted by molar-refractivity contribution is 0.685. The van der Waals surface area contributed by atoms with Gasteiger partial charge in [-0.1, -0.05) is 104 Å². The highest BCUT2D eigenvalue weighted by Gasteiger charge is 2.47. The van der Waals surface area contributed by atoms with E-state index < -0.39 is 8.07 Å². The fraction of sp³-hybridized carbons (Fsp3) is 0.208. The van der Waals surface area contributed by atoms with Crippen LogP contribution in [0.2, 0.25) is 19.6 Å². The Bertz CT molecular complexity index is 1010. The largest absolute Gasteiger partial charge is 0.0748 e. The standard InChI is InChI=1S/C24H24Si2/c1-26(2,3)23-22-18(11-10-16-21(22)25)17-24(23,19-12-6-4-7-13-19)20-14-8-5-9-15-20/h4-16H,17H2,1-3H3. The molecule has 0 bridgehead atoms. The molecule has 0 aromatic heterocycles. The second-order valence-electron chi connectivity index (χ2n) is 8.28. The Morgan fingerprint density at radius 3 is 1.77 bits per heavy atom. The molecule has 0 heterocycles. The lowest BCUT2D eigenvalue weighted by Gasteiger charge is -2.39. The zero-order valence-electron chi connectivity index (χ0n) is 15.7. The van der Waals surface area contributed by atoms with Gasteiger partial charge < -0.3 is 0 Å². The summed E-state index contributed by atoms with van der Waals surface area (Å²) in [7, 11) is 2.32. The topological polar surface area (TPSA) is 0 Å². The zero-order valence-corrected chi connectivity index (χ0v) is 17.7. The van der Waals surface area contributed by atoms with Crippen LogP contribution in [0.5, 0.6) is 0 Å². The monoisotopic (exact) mass is 368 g/mol. The van der Waals surface area contributed by atoms with Gasteiger partial charge in [0.2, 0.25) is 0 Å². The second kappa shape index (κ2) is 6.29. The van der Waals surface area contributed by atoms with Gasteiger partial charge in [0.05, 0.1) is 8.07 Å². The summed E-state index contributed by atoms with van der Waals surface area (Å²) in [6, 6.07) is 28.9. The minimum absolute atomic E-state index is 0.0714. The maximum Gasteiger partial charge on any atom is 0.0748 e. The molecule has 2 radical (unpaired) electrons. The number of benzene rings is 3. The van der Waals surface area contributed by atoms with E-state index >= 15 is 0 Å². The molecule has 0 atom stereocenters. The minimum atomic E-state index is -1.62. The highest BCUT2D eigenvalue weighted by atomic mass is 28.3. The molecule has 1 aliphatic rings. The molecule has 3 aromatic carbocycles. The molecule has 0 spiro atoms. The van der Waals surface area contributed by atoms with Crippen LogP contribution in [0, 0.1) is 4.81 Å². The molecule has 0 saturated carbocycles. The first-order chi connectivity index (χ1) is 12.4. The summed E-state index contributed by atoms with van der Waals surface area (Å²) < 4.78 is 0. The quantitative estimate of drug-likeness (QED) is 0.589. The van der Waals surface area contributed by atoms with Crippen LogP contribution in [-0.2, 0) is 11.8 Å². The Labute approximate surface area is 160 Å². The molecule has 4 rings (SSSR count). The van der Waals surface area contributed by atoms with E-state index in [4.69, 9.17) is 0 Å². The van der Waals surface area contributed by atoms with Gasteiger partial charge in [0.25, 0.3) is 0 Å². The highest BCUT2D eigenvalue weighted by molar-refractivity contribution is 6.93. The van der Waals surface area contributed by atoms with Crippen molar-refractivity contribution in [1.29, 1.82) is 0 Å². The minimum Gasteiger partial charge on any atom is -0.0659 e. The molecule has 0 saturated heterocycles. The lowest BCUT2D eigenvalue weighted by Crippen LogP contribution is -2.41. The first-order valence-electron chi connectivity index (χ1n) is 9.27. The Morgan fingerprint density at radius 1 is 0.731 bits per heavy atom. The summed E-state index contributed by atoms with van der Waals surface area (Å²) >= 11 is 0. The molecule has 3 aromatic rings. The van der Waals surface area contributed by atoms with Crippen molar-refractivity contribution in [3.05, 3.63) is 106 Å². The molecule has 26 heavy (non-hydrogen) atoms. The molecule has 2 heteroatoms. The van der Waals surface area contributed by atoms with Crippen molar-refractivity contribution in [2.45, 2.75) is 31.5 Å². The van der Waals surface area contributed by atoms with Crippen LogP contribution in [-0.4, -0.2) is 17.9 Å². The smallest absolute Gasteiger partial charge is 0.0659 e. The van der Waals surface area contributed by atoms with Crippen molar-refractivity contribution < 1.29 is 0 Å². The van der Waals surface area contributed by atoms with E-state index in [0.29, 0.717) is 0 Å². The first kappa shape index (κ1) is 17.4. The van der Waals surface area contributed by atoms with Crippen molar-refractivity contribution in [3.63, 3.8) is 0 Å². The Balaban J connectivity index is 2.19. The van der Waals surface area contributed by atoms with Crippen LogP contribution in [0.3, 0.4) is 0 Å². The molecule has 0 unspecified atom stereocenters. The van der Waals surface area contributed by atoms with Gasteiger partial charge in [0.1, 0.15) is 0 Å². The fourth-order valence-electron chi connectivity index (χ4n) is 4.75. The van der Waals surface area contributed by atoms with Crippen molar-refractivity contribution in [1.82, 2.24) is 0 Å². The van der Waals surface area contributed by atoms with Crippen molar-refractivity contribution >= 4 is 23.1 Å². The van der Waals surface area contributed by atoms with E-state index in [2.05, 4.69) is 108 Å². The summed E-state index contributed by atoms with van der Waals surface area (Å²) in [4.78, 5) is 1.23. The summed E-state index contributed by atoms with van der Waals surface area (Å²) in [5.74, 6) is 0. The summed E-state index contributed by atoms with van der Waals surface area (Å²) in [5, 5.41) is 3.10. The third kappa shape index (κ3) is 2.60. The van der Waals surface area contributed by atoms with E-state index in [1.165, 1.54) is 26.7 Å². The predicted molar refractivity (Wildman–Crippen MR) is 115 cm³/mol. The van der Waals surface area contributed by atoms with Crippen molar-refractivity contribution in [2.75, 3.05) is 0 Å². The van der Waals surface area contributed by atoms with Gasteiger partial charge in [-0.2, -0.15) is 0 Å². The third-order valence-corrected chi connectivity index (χ3v) is 8.16. The van der Waals surface area contributed by atoms with Crippen LogP contribution in [0.15, 0.2) is 78.9 Å². The van der Waals surface area contributed by atoms with Crippen LogP contribution in [0.1, 0.15) is 16.7 Å². The molecule has 0 fully saturated rings. The lowest BCUT2D eigenvalue weighted by atomic mass is 9.73. The summed E-state index contributed by atoms with van der Waals surface area (Å²) in [5.41, 5.74) is 4.21. The number of fused-ring (bicyclic) bond motifs is 1. The second-order valence-corrected chi connectivity index (χ2v) is 13.8. The number of hydrogen-bond acceptors (Lipinski definition) is 0. The van der Waals surface area contributed by atoms with Gasteiger partial charge >= 0.3 is 0 Å². The van der Waals surface area contributed by atoms with E-state index in [1.54, 1.807) is 5.20 Å². The SMILES string of the molecule is C[Si](C)(C)C1=c2c(cccc2=[Si])CC1(c1ccccc1)c1ccccc1. The summed E-state index contributed by atoms with van der Waals surface area (Å²) in [6.45, 7) is 7.45. The fourth-order valence-corrected chi connectivity index (χ4v) is 7.96. The normalized spacial score (nSPS) is 15.7. The Morgan fingerprint density at radius 2 is 1.27 bits per heavy atom. The molecule has 0 amide bonds. The van der Waals surface area contributed by atoms with Gasteiger partial charge in [-0.05, 0) is 33.1 Å². The Hall–Kier alpha value is -2.04. The van der Waals surface area contributed by atoms with Crippen molar-refractivity contribution in [3.8, 4) is 0 Å². The zero-order chi connectivity index (χ0) is 18.4. The van der Waals surface area contributed by atoms with E-state index in [9.17, 15) is 0 Å². The first-order valence-corrected chi connectivity index (χ1v) is 13.3. The maximum absolute atomic E-state index is 3.94. The molecule has 128 valence electrons. The molecule has 0 aliphatic heterocycles. The molecule has 0 nitrogen and oxygen atoms in total. The Kier molecular flexibility index (Phi) is 4.21. The number of hydrogen-bond donors (Lipinski definition) is 0.